The summed E-state index contributed by atoms with van der Waals surface area (Å²) in [5.74, 6) is 1.38. The zero-order valence-corrected chi connectivity index (χ0v) is 16.0. The van der Waals surface area contributed by atoms with Gasteiger partial charge in [-0.15, -0.1) is 0 Å². The minimum absolute atomic E-state index is 0.211. The molecule has 0 saturated heterocycles. The fourth-order valence-corrected chi connectivity index (χ4v) is 4.28. The van der Waals surface area contributed by atoms with Crippen LogP contribution in [0, 0.1) is 3.57 Å². The van der Waals surface area contributed by atoms with Crippen molar-refractivity contribution in [3.05, 3.63) is 51.6 Å². The molecule has 0 fully saturated rings. The summed E-state index contributed by atoms with van der Waals surface area (Å²) >= 11 is 2.05. The molecule has 23 heavy (non-hydrogen) atoms. The van der Waals surface area contributed by atoms with Crippen LogP contribution in [0.15, 0.2) is 47.4 Å². The Morgan fingerprint density at radius 3 is 2.22 bits per heavy atom. The Bertz CT molecular complexity index is 775. The SMILES string of the molecule is COc1ccc([C@@H](C)NS(=O)(=O)c2ccc(OC)c(I)c2)cc1. The standard InChI is InChI=1S/C16H18INO4S/c1-11(12-4-6-13(21-2)7-5-12)18-23(19,20)14-8-9-16(22-3)15(17)10-14/h4-11,18H,1-3H3/t11-/m1/s1. The van der Waals surface area contributed by atoms with E-state index >= 15 is 0 Å². The van der Waals surface area contributed by atoms with Crippen molar-refractivity contribution in [2.75, 3.05) is 14.2 Å². The average Bonchev–Trinajstić information content (AvgIpc) is 2.54. The summed E-state index contributed by atoms with van der Waals surface area (Å²) in [4.78, 5) is 0.211. The number of hydrogen-bond acceptors (Lipinski definition) is 4. The molecule has 7 heteroatoms. The zero-order valence-electron chi connectivity index (χ0n) is 13.0. The highest BCUT2D eigenvalue weighted by Crippen LogP contribution is 2.25. The Hall–Kier alpha value is -1.32. The van der Waals surface area contributed by atoms with Crippen LogP contribution >= 0.6 is 22.6 Å². The molecule has 0 bridgehead atoms. The highest BCUT2D eigenvalue weighted by molar-refractivity contribution is 14.1. The summed E-state index contributed by atoms with van der Waals surface area (Å²) in [5.41, 5.74) is 0.859. The number of ether oxygens (including phenoxy) is 2. The van der Waals surface area contributed by atoms with Gasteiger partial charge < -0.3 is 9.47 Å². The van der Waals surface area contributed by atoms with Crippen molar-refractivity contribution >= 4 is 32.6 Å². The first-order valence-electron chi connectivity index (χ1n) is 6.87. The average molecular weight is 447 g/mol. The largest absolute Gasteiger partial charge is 0.497 e. The second kappa shape index (κ2) is 7.50. The van der Waals surface area contributed by atoms with Crippen molar-refractivity contribution in [2.45, 2.75) is 17.9 Å². The Morgan fingerprint density at radius 2 is 1.70 bits per heavy atom. The predicted molar refractivity (Wildman–Crippen MR) is 97.4 cm³/mol. The molecule has 0 amide bonds. The first-order chi connectivity index (χ1) is 10.9. The molecule has 2 aromatic carbocycles. The number of halogens is 1. The summed E-state index contributed by atoms with van der Waals surface area (Å²) < 4.78 is 38.7. The van der Waals surface area contributed by atoms with Crippen LogP contribution in [0.2, 0.25) is 0 Å². The second-order valence-corrected chi connectivity index (χ2v) is 7.79. The maximum atomic E-state index is 12.5. The van der Waals surface area contributed by atoms with Crippen molar-refractivity contribution in [3.63, 3.8) is 0 Å². The third-order valence-corrected chi connectivity index (χ3v) is 5.76. The van der Waals surface area contributed by atoms with Gasteiger partial charge in [-0.1, -0.05) is 12.1 Å². The smallest absolute Gasteiger partial charge is 0.241 e. The molecule has 0 unspecified atom stereocenters. The van der Waals surface area contributed by atoms with Gasteiger partial charge in [-0.05, 0) is 65.4 Å². The lowest BCUT2D eigenvalue weighted by Gasteiger charge is -2.15. The molecule has 1 N–H and O–H groups in total. The Balaban J connectivity index is 2.21. The van der Waals surface area contributed by atoms with Crippen molar-refractivity contribution in [2.24, 2.45) is 0 Å². The molecule has 1 atom stereocenters. The summed E-state index contributed by atoms with van der Waals surface area (Å²) in [6.45, 7) is 1.80. The molecular weight excluding hydrogens is 429 g/mol. The van der Waals surface area contributed by atoms with Gasteiger partial charge >= 0.3 is 0 Å². The monoisotopic (exact) mass is 447 g/mol. The van der Waals surface area contributed by atoms with Crippen LogP contribution in [0.4, 0.5) is 0 Å². The van der Waals surface area contributed by atoms with E-state index < -0.39 is 10.0 Å². The number of nitrogens with one attached hydrogen (secondary N) is 1. The van der Waals surface area contributed by atoms with E-state index in [0.29, 0.717) is 5.75 Å². The number of sulfonamides is 1. The van der Waals surface area contributed by atoms with E-state index in [0.717, 1.165) is 14.9 Å². The van der Waals surface area contributed by atoms with Crippen LogP contribution in [0.5, 0.6) is 11.5 Å². The summed E-state index contributed by atoms with van der Waals surface area (Å²) in [6.07, 6.45) is 0. The molecule has 124 valence electrons. The highest BCUT2D eigenvalue weighted by Gasteiger charge is 2.19. The van der Waals surface area contributed by atoms with Crippen molar-refractivity contribution in [3.8, 4) is 11.5 Å². The Labute approximate surface area is 150 Å². The third kappa shape index (κ3) is 4.36. The molecular formula is C16H18INO4S. The maximum absolute atomic E-state index is 12.5. The predicted octanol–water partition coefficient (Wildman–Crippen LogP) is 3.35. The van der Waals surface area contributed by atoms with Crippen LogP contribution in [0.25, 0.3) is 0 Å². The van der Waals surface area contributed by atoms with E-state index in [-0.39, 0.29) is 10.9 Å². The molecule has 0 aliphatic rings. The highest BCUT2D eigenvalue weighted by atomic mass is 127. The number of hydrogen-bond donors (Lipinski definition) is 1. The van der Waals surface area contributed by atoms with E-state index in [2.05, 4.69) is 4.72 Å². The van der Waals surface area contributed by atoms with Gasteiger partial charge in [0.05, 0.1) is 22.7 Å². The topological polar surface area (TPSA) is 64.6 Å². The van der Waals surface area contributed by atoms with Crippen molar-refractivity contribution < 1.29 is 17.9 Å². The minimum atomic E-state index is -3.61. The van der Waals surface area contributed by atoms with Crippen molar-refractivity contribution in [1.82, 2.24) is 4.72 Å². The van der Waals surface area contributed by atoms with Crippen molar-refractivity contribution in [1.29, 1.82) is 0 Å². The minimum Gasteiger partial charge on any atom is -0.497 e. The molecule has 2 rings (SSSR count). The first kappa shape index (κ1) is 18.0. The van der Waals surface area contributed by atoms with E-state index in [1.807, 2.05) is 34.7 Å². The van der Waals surface area contributed by atoms with Gasteiger partial charge in [0.25, 0.3) is 0 Å². The lowest BCUT2D eigenvalue weighted by molar-refractivity contribution is 0.411. The van der Waals surface area contributed by atoms with E-state index in [1.54, 1.807) is 45.4 Å². The molecule has 0 aliphatic heterocycles. The van der Waals surface area contributed by atoms with Crippen LogP contribution in [-0.4, -0.2) is 22.6 Å². The van der Waals surface area contributed by atoms with E-state index in [4.69, 9.17) is 9.47 Å². The van der Waals surface area contributed by atoms with Gasteiger partial charge in [0.15, 0.2) is 0 Å². The zero-order chi connectivity index (χ0) is 17.0. The number of rotatable bonds is 6. The third-order valence-electron chi connectivity index (χ3n) is 3.38. The molecule has 0 heterocycles. The fourth-order valence-electron chi connectivity index (χ4n) is 2.08. The summed E-state index contributed by atoms with van der Waals surface area (Å²) in [7, 11) is -0.471. The summed E-state index contributed by atoms with van der Waals surface area (Å²) in [6, 6.07) is 11.7. The van der Waals surface area contributed by atoms with Crippen LogP contribution in [-0.2, 0) is 10.0 Å². The van der Waals surface area contributed by atoms with Gasteiger partial charge in [0.2, 0.25) is 10.0 Å². The van der Waals surface area contributed by atoms with E-state index in [9.17, 15) is 8.42 Å². The number of benzene rings is 2. The molecule has 0 aromatic heterocycles. The molecule has 0 aliphatic carbocycles. The van der Waals surface area contributed by atoms with Crippen LogP contribution < -0.4 is 14.2 Å². The normalized spacial score (nSPS) is 12.7. The molecule has 0 saturated carbocycles. The lowest BCUT2D eigenvalue weighted by Crippen LogP contribution is -2.27. The summed E-state index contributed by atoms with van der Waals surface area (Å²) in [5, 5.41) is 0. The quantitative estimate of drug-likeness (QED) is 0.691. The Morgan fingerprint density at radius 1 is 1.04 bits per heavy atom. The maximum Gasteiger partial charge on any atom is 0.241 e. The van der Waals surface area contributed by atoms with Gasteiger partial charge in [0.1, 0.15) is 11.5 Å². The van der Waals surface area contributed by atoms with Gasteiger partial charge in [-0.2, -0.15) is 0 Å². The fraction of sp³-hybridized carbons (Fsp3) is 0.250. The first-order valence-corrected chi connectivity index (χ1v) is 9.43. The molecule has 2 aromatic rings. The molecule has 0 radical (unpaired) electrons. The van der Waals surface area contributed by atoms with Gasteiger partial charge in [-0.25, -0.2) is 13.1 Å². The molecule has 0 spiro atoms. The second-order valence-electron chi connectivity index (χ2n) is 4.91. The molecule has 5 nitrogen and oxygen atoms in total. The van der Waals surface area contributed by atoms with Gasteiger partial charge in [-0.3, -0.25) is 0 Å². The number of methoxy groups -OCH3 is 2. The van der Waals surface area contributed by atoms with Crippen LogP contribution in [0.3, 0.4) is 0 Å². The van der Waals surface area contributed by atoms with Crippen LogP contribution in [0.1, 0.15) is 18.5 Å². The van der Waals surface area contributed by atoms with Gasteiger partial charge in [0, 0.05) is 6.04 Å². The lowest BCUT2D eigenvalue weighted by atomic mass is 10.1. The van der Waals surface area contributed by atoms with E-state index in [1.165, 1.54) is 6.07 Å². The Kier molecular flexibility index (Phi) is 5.88.